The Bertz CT molecular complexity index is 1380. The van der Waals surface area contributed by atoms with E-state index in [1.165, 1.54) is 173 Å². The summed E-state index contributed by atoms with van der Waals surface area (Å²) in [5.41, 5.74) is 3.77. The van der Waals surface area contributed by atoms with Gasteiger partial charge in [-0.1, -0.05) is 224 Å². The molecule has 1 atom stereocenters. The zero-order valence-electron chi connectivity index (χ0n) is 37.6. The van der Waals surface area contributed by atoms with Gasteiger partial charge in [0.25, 0.3) is 0 Å². The van der Waals surface area contributed by atoms with Crippen LogP contribution in [0.1, 0.15) is 229 Å². The van der Waals surface area contributed by atoms with E-state index in [-0.39, 0.29) is 12.1 Å². The van der Waals surface area contributed by atoms with Crippen molar-refractivity contribution in [3.63, 3.8) is 0 Å². The van der Waals surface area contributed by atoms with Crippen molar-refractivity contribution in [1.29, 1.82) is 0 Å². The lowest BCUT2D eigenvalue weighted by Crippen LogP contribution is -2.08. The molecule has 0 amide bonds. The largest absolute Gasteiger partial charge is 0.494 e. The zero-order chi connectivity index (χ0) is 41.1. The number of esters is 1. The molecular formula is C54H84O4. The second-order valence-electron chi connectivity index (χ2n) is 17.0. The van der Waals surface area contributed by atoms with Crippen LogP contribution in [0.3, 0.4) is 0 Å². The highest BCUT2D eigenvalue weighted by Crippen LogP contribution is 2.25. The van der Waals surface area contributed by atoms with Crippen LogP contribution >= 0.6 is 0 Å². The van der Waals surface area contributed by atoms with E-state index in [0.29, 0.717) is 11.3 Å². The van der Waals surface area contributed by atoms with E-state index in [1.807, 2.05) is 60.7 Å². The fraction of sp³-hybridized carbons (Fsp3) is 0.648. The topological polar surface area (TPSA) is 44.8 Å². The first kappa shape index (κ1) is 49.3. The maximum atomic E-state index is 12.9. The van der Waals surface area contributed by atoms with Crippen LogP contribution in [0.15, 0.2) is 72.8 Å². The molecule has 3 aromatic carbocycles. The molecule has 324 valence electrons. The molecule has 4 nitrogen and oxygen atoms in total. The van der Waals surface area contributed by atoms with Crippen molar-refractivity contribution in [2.45, 2.75) is 213 Å². The second-order valence-corrected chi connectivity index (χ2v) is 17.0. The summed E-state index contributed by atoms with van der Waals surface area (Å²) in [6.07, 6.45) is 39.6. The van der Waals surface area contributed by atoms with Gasteiger partial charge in [-0.15, -0.1) is 0 Å². The lowest BCUT2D eigenvalue weighted by molar-refractivity contribution is 0.0627. The number of carbonyl (C=O) groups is 1. The van der Waals surface area contributed by atoms with E-state index in [0.717, 1.165) is 48.5 Å². The van der Waals surface area contributed by atoms with Gasteiger partial charge < -0.3 is 14.2 Å². The Morgan fingerprint density at radius 2 is 0.759 bits per heavy atom. The van der Waals surface area contributed by atoms with E-state index >= 15 is 0 Å². The summed E-state index contributed by atoms with van der Waals surface area (Å²) < 4.78 is 17.8. The minimum Gasteiger partial charge on any atom is -0.494 e. The molecule has 3 rings (SSSR count). The molecular weight excluding hydrogens is 713 g/mol. The molecule has 0 saturated heterocycles. The van der Waals surface area contributed by atoms with Crippen molar-refractivity contribution in [2.75, 3.05) is 13.2 Å². The van der Waals surface area contributed by atoms with Gasteiger partial charge in [0.05, 0.1) is 18.3 Å². The molecule has 0 aliphatic carbocycles. The van der Waals surface area contributed by atoms with Gasteiger partial charge in [0.15, 0.2) is 0 Å². The molecule has 0 fully saturated rings. The molecule has 0 aromatic heterocycles. The molecule has 0 heterocycles. The third-order valence-electron chi connectivity index (χ3n) is 11.8. The summed E-state index contributed by atoms with van der Waals surface area (Å²) in [6, 6.07) is 23.6. The highest BCUT2D eigenvalue weighted by atomic mass is 16.5. The number of hydrogen-bond donors (Lipinski definition) is 0. The molecule has 1 unspecified atom stereocenters. The van der Waals surface area contributed by atoms with Crippen molar-refractivity contribution in [2.24, 2.45) is 0 Å². The molecule has 0 spiro atoms. The maximum Gasteiger partial charge on any atom is 0.343 e. The first-order chi connectivity index (χ1) is 28.6. The Balaban J connectivity index is 1.20. The number of hydrogen-bond acceptors (Lipinski definition) is 4. The van der Waals surface area contributed by atoms with Gasteiger partial charge in [0, 0.05) is 6.61 Å². The van der Waals surface area contributed by atoms with Crippen LogP contribution in [0.2, 0.25) is 0 Å². The Hall–Kier alpha value is -3.11. The molecule has 0 saturated carbocycles. The van der Waals surface area contributed by atoms with Gasteiger partial charge in [-0.2, -0.15) is 0 Å². The quantitative estimate of drug-likeness (QED) is 0.0331. The second kappa shape index (κ2) is 33.7. The van der Waals surface area contributed by atoms with Crippen LogP contribution in [0.25, 0.3) is 11.1 Å². The van der Waals surface area contributed by atoms with E-state index in [1.54, 1.807) is 0 Å². The highest BCUT2D eigenvalue weighted by molar-refractivity contribution is 5.91. The molecule has 0 aliphatic heterocycles. The minimum atomic E-state index is -0.357. The molecule has 0 bridgehead atoms. The van der Waals surface area contributed by atoms with Gasteiger partial charge in [-0.3, -0.25) is 0 Å². The van der Waals surface area contributed by atoms with Crippen molar-refractivity contribution in [3.05, 3.63) is 83.9 Å². The number of ether oxygens (including phenoxy) is 3. The third-order valence-corrected chi connectivity index (χ3v) is 11.8. The lowest BCUT2D eigenvalue weighted by atomic mass is 10.0. The first-order valence-electron chi connectivity index (χ1n) is 24.4. The number of carbonyl (C=O) groups excluding carboxylic acids is 1. The average Bonchev–Trinajstić information content (AvgIpc) is 3.25. The zero-order valence-corrected chi connectivity index (χ0v) is 37.6. The Labute approximate surface area is 356 Å². The number of benzene rings is 3. The smallest absolute Gasteiger partial charge is 0.343 e. The number of unbranched alkanes of at least 4 members (excludes halogenated alkanes) is 27. The van der Waals surface area contributed by atoms with Gasteiger partial charge in [-0.05, 0) is 72.9 Å². The Morgan fingerprint density at radius 1 is 0.414 bits per heavy atom. The normalized spacial score (nSPS) is 11.8. The molecule has 0 aliphatic rings. The third kappa shape index (κ3) is 23.5. The van der Waals surface area contributed by atoms with Gasteiger partial charge in [-0.25, -0.2) is 4.79 Å². The van der Waals surface area contributed by atoms with Crippen molar-refractivity contribution >= 4 is 5.97 Å². The summed E-state index contributed by atoms with van der Waals surface area (Å²) in [4.78, 5) is 12.9. The van der Waals surface area contributed by atoms with E-state index in [9.17, 15) is 4.79 Å². The summed E-state index contributed by atoms with van der Waals surface area (Å²) in [7, 11) is 0. The molecule has 0 radical (unpaired) electrons. The van der Waals surface area contributed by atoms with Crippen molar-refractivity contribution in [1.82, 2.24) is 0 Å². The standard InChI is InChI=1S/C54H84O4/c1-4-6-8-10-12-14-16-18-19-20-22-23-25-27-29-31-45-56-47(3)48-37-43-53(44-38-48)58-54(55)51-35-33-49(34-36-51)50-39-41-52(42-40-50)57-46-32-30-28-26-24-21-17-15-13-11-9-7-5-2/h33-44,47H,4-32,45-46H2,1-3H3. The van der Waals surface area contributed by atoms with Gasteiger partial charge in [0.1, 0.15) is 11.5 Å². The SMILES string of the molecule is CCCCCCCCCCCCCCCCCCOC(C)c1ccc(OC(=O)c2ccc(-c3ccc(OCCCCCCCCCCCCCCC)cc3)cc2)cc1. The fourth-order valence-corrected chi connectivity index (χ4v) is 7.83. The fourth-order valence-electron chi connectivity index (χ4n) is 7.83. The summed E-state index contributed by atoms with van der Waals surface area (Å²) >= 11 is 0. The molecule has 0 N–H and O–H groups in total. The van der Waals surface area contributed by atoms with Crippen LogP contribution in [0, 0.1) is 0 Å². The van der Waals surface area contributed by atoms with Gasteiger partial charge in [0.2, 0.25) is 0 Å². The Morgan fingerprint density at radius 3 is 1.17 bits per heavy atom. The molecule has 58 heavy (non-hydrogen) atoms. The summed E-state index contributed by atoms with van der Waals surface area (Å²) in [5.74, 6) is 1.09. The van der Waals surface area contributed by atoms with E-state index in [2.05, 4.69) is 32.9 Å². The van der Waals surface area contributed by atoms with Crippen molar-refractivity contribution in [3.8, 4) is 22.6 Å². The average molecular weight is 797 g/mol. The van der Waals surface area contributed by atoms with Gasteiger partial charge >= 0.3 is 5.97 Å². The lowest BCUT2D eigenvalue weighted by Gasteiger charge is -2.14. The number of rotatable bonds is 37. The van der Waals surface area contributed by atoms with Crippen molar-refractivity contribution < 1.29 is 19.0 Å². The minimum absolute atomic E-state index is 0.0123. The predicted molar refractivity (Wildman–Crippen MR) is 248 cm³/mol. The molecule has 3 aromatic rings. The molecule has 4 heteroatoms. The van der Waals surface area contributed by atoms with Crippen LogP contribution in [0.4, 0.5) is 0 Å². The Kier molecular flexibility index (Phi) is 28.6. The van der Waals surface area contributed by atoms with Crippen LogP contribution < -0.4 is 9.47 Å². The van der Waals surface area contributed by atoms with E-state index < -0.39 is 0 Å². The van der Waals surface area contributed by atoms with Crippen LogP contribution in [-0.4, -0.2) is 19.2 Å². The summed E-state index contributed by atoms with van der Waals surface area (Å²) in [5, 5.41) is 0. The van der Waals surface area contributed by atoms with E-state index in [4.69, 9.17) is 14.2 Å². The monoisotopic (exact) mass is 797 g/mol. The predicted octanol–water partition coefficient (Wildman–Crippen LogP) is 17.4. The maximum absolute atomic E-state index is 12.9. The highest BCUT2D eigenvalue weighted by Gasteiger charge is 2.11. The summed E-state index contributed by atoms with van der Waals surface area (Å²) in [6.45, 7) is 8.22. The van der Waals surface area contributed by atoms with Crippen LogP contribution in [-0.2, 0) is 4.74 Å². The first-order valence-corrected chi connectivity index (χ1v) is 24.4. The van der Waals surface area contributed by atoms with Crippen LogP contribution in [0.5, 0.6) is 11.5 Å².